The van der Waals surface area contributed by atoms with Gasteiger partial charge in [0.05, 0.1) is 20.8 Å². The maximum Gasteiger partial charge on any atom is 0.133 e. The lowest BCUT2D eigenvalue weighted by Crippen LogP contribution is -2.34. The Morgan fingerprint density at radius 2 is 1.84 bits per heavy atom. The molecule has 0 aromatic heterocycles. The van der Waals surface area contributed by atoms with Gasteiger partial charge in [0.25, 0.3) is 0 Å². The van der Waals surface area contributed by atoms with Crippen LogP contribution in [0.25, 0.3) is 0 Å². The zero-order chi connectivity index (χ0) is 14.5. The average Bonchev–Trinajstić information content (AvgIpc) is 2.38. The second kappa shape index (κ2) is 6.57. The van der Waals surface area contributed by atoms with Crippen molar-refractivity contribution >= 4 is 6.29 Å². The van der Waals surface area contributed by atoms with Gasteiger partial charge in [-0.3, -0.25) is 0 Å². The fraction of sp³-hybridized carbons (Fsp3) is 0.533. The summed E-state index contributed by atoms with van der Waals surface area (Å²) in [6, 6.07) is 3.99. The first-order valence-electron chi connectivity index (χ1n) is 6.33. The Balaban J connectivity index is 3.11. The van der Waals surface area contributed by atoms with E-state index in [1.807, 2.05) is 19.1 Å². The third kappa shape index (κ3) is 3.70. The molecule has 0 aliphatic rings. The Labute approximate surface area is 115 Å². The largest absolute Gasteiger partial charge is 0.496 e. The van der Waals surface area contributed by atoms with Crippen molar-refractivity contribution in [3.05, 3.63) is 23.3 Å². The van der Waals surface area contributed by atoms with Crippen LogP contribution in [-0.2, 0) is 10.2 Å². The Hall–Kier alpha value is -1.55. The SMILES string of the molecule is COc1cc(C(C)(C)CNCC=O)c(OC)cc1C. The molecule has 0 fully saturated rings. The molecular formula is C15H23NO3. The predicted octanol–water partition coefficient (Wildman–Crippen LogP) is 2.08. The summed E-state index contributed by atoms with van der Waals surface area (Å²) in [5, 5.41) is 3.11. The topological polar surface area (TPSA) is 47.6 Å². The molecule has 0 radical (unpaired) electrons. The second-order valence-electron chi connectivity index (χ2n) is 5.20. The molecule has 0 saturated carbocycles. The molecule has 1 rings (SSSR count). The summed E-state index contributed by atoms with van der Waals surface area (Å²) in [6.07, 6.45) is 0.864. The van der Waals surface area contributed by atoms with E-state index in [1.54, 1.807) is 14.2 Å². The summed E-state index contributed by atoms with van der Waals surface area (Å²) in [4.78, 5) is 10.4. The molecule has 0 aliphatic heterocycles. The van der Waals surface area contributed by atoms with Crippen molar-refractivity contribution in [3.63, 3.8) is 0 Å². The van der Waals surface area contributed by atoms with Gasteiger partial charge in [0.15, 0.2) is 0 Å². The maximum absolute atomic E-state index is 10.4. The zero-order valence-corrected chi connectivity index (χ0v) is 12.4. The van der Waals surface area contributed by atoms with E-state index in [9.17, 15) is 4.79 Å². The maximum atomic E-state index is 10.4. The van der Waals surface area contributed by atoms with E-state index in [1.165, 1.54) is 0 Å². The Morgan fingerprint density at radius 3 is 2.37 bits per heavy atom. The molecule has 1 aromatic carbocycles. The van der Waals surface area contributed by atoms with Gasteiger partial charge in [-0.1, -0.05) is 13.8 Å². The van der Waals surface area contributed by atoms with Gasteiger partial charge in [0.1, 0.15) is 17.8 Å². The Kier molecular flexibility index (Phi) is 5.36. The van der Waals surface area contributed by atoms with E-state index >= 15 is 0 Å². The number of aryl methyl sites for hydroxylation is 1. The van der Waals surface area contributed by atoms with Crippen molar-refractivity contribution < 1.29 is 14.3 Å². The third-order valence-electron chi connectivity index (χ3n) is 3.24. The molecule has 1 aromatic rings. The first-order chi connectivity index (χ1) is 8.96. The zero-order valence-electron chi connectivity index (χ0n) is 12.4. The van der Waals surface area contributed by atoms with Crippen molar-refractivity contribution in [2.45, 2.75) is 26.2 Å². The van der Waals surface area contributed by atoms with Crippen LogP contribution < -0.4 is 14.8 Å². The monoisotopic (exact) mass is 265 g/mol. The number of hydrogen-bond acceptors (Lipinski definition) is 4. The van der Waals surface area contributed by atoms with Crippen molar-refractivity contribution in [1.82, 2.24) is 5.32 Å². The van der Waals surface area contributed by atoms with Crippen LogP contribution in [-0.4, -0.2) is 33.6 Å². The molecule has 106 valence electrons. The summed E-state index contributed by atoms with van der Waals surface area (Å²) in [5.74, 6) is 1.69. The van der Waals surface area contributed by atoms with Gasteiger partial charge >= 0.3 is 0 Å². The molecule has 0 atom stereocenters. The highest BCUT2D eigenvalue weighted by molar-refractivity contribution is 5.52. The number of carbonyl (C=O) groups excluding carboxylic acids is 1. The molecule has 4 heteroatoms. The molecule has 4 nitrogen and oxygen atoms in total. The van der Waals surface area contributed by atoms with E-state index in [0.717, 1.165) is 28.9 Å². The van der Waals surface area contributed by atoms with E-state index < -0.39 is 0 Å². The standard InChI is InChI=1S/C15H23NO3/c1-11-8-14(19-5)12(9-13(11)18-4)15(2,3)10-16-6-7-17/h7-9,16H,6,10H2,1-5H3. The van der Waals surface area contributed by atoms with Crippen LogP contribution >= 0.6 is 0 Å². The average molecular weight is 265 g/mol. The van der Waals surface area contributed by atoms with Gasteiger partial charge in [-0.15, -0.1) is 0 Å². The lowest BCUT2D eigenvalue weighted by atomic mass is 9.83. The van der Waals surface area contributed by atoms with Crippen LogP contribution in [0.4, 0.5) is 0 Å². The molecular weight excluding hydrogens is 242 g/mol. The lowest BCUT2D eigenvalue weighted by Gasteiger charge is -2.28. The fourth-order valence-electron chi connectivity index (χ4n) is 2.12. The minimum absolute atomic E-state index is 0.157. The second-order valence-corrected chi connectivity index (χ2v) is 5.20. The summed E-state index contributed by atoms with van der Waals surface area (Å²) in [6.45, 7) is 7.25. The highest BCUT2D eigenvalue weighted by Crippen LogP contribution is 2.36. The molecule has 1 N–H and O–H groups in total. The van der Waals surface area contributed by atoms with Crippen LogP contribution in [0.5, 0.6) is 11.5 Å². The van der Waals surface area contributed by atoms with Crippen molar-refractivity contribution in [2.75, 3.05) is 27.3 Å². The van der Waals surface area contributed by atoms with Gasteiger partial charge in [0.2, 0.25) is 0 Å². The highest BCUT2D eigenvalue weighted by Gasteiger charge is 2.25. The lowest BCUT2D eigenvalue weighted by molar-refractivity contribution is -0.107. The number of ether oxygens (including phenoxy) is 2. The highest BCUT2D eigenvalue weighted by atomic mass is 16.5. The molecule has 0 unspecified atom stereocenters. The minimum atomic E-state index is -0.157. The van der Waals surface area contributed by atoms with Crippen LogP contribution in [0.1, 0.15) is 25.0 Å². The predicted molar refractivity (Wildman–Crippen MR) is 76.2 cm³/mol. The number of aldehydes is 1. The van der Waals surface area contributed by atoms with Gasteiger partial charge in [0, 0.05) is 17.5 Å². The van der Waals surface area contributed by atoms with E-state index in [0.29, 0.717) is 13.1 Å². The van der Waals surface area contributed by atoms with Crippen LogP contribution in [0.15, 0.2) is 12.1 Å². The normalized spacial score (nSPS) is 11.2. The molecule has 0 saturated heterocycles. The molecule has 19 heavy (non-hydrogen) atoms. The van der Waals surface area contributed by atoms with Crippen molar-refractivity contribution in [1.29, 1.82) is 0 Å². The number of hydrogen-bond donors (Lipinski definition) is 1. The van der Waals surface area contributed by atoms with Gasteiger partial charge < -0.3 is 19.6 Å². The first kappa shape index (κ1) is 15.5. The van der Waals surface area contributed by atoms with Gasteiger partial charge in [-0.05, 0) is 24.6 Å². The van der Waals surface area contributed by atoms with Crippen LogP contribution in [0.3, 0.4) is 0 Å². The number of rotatable bonds is 7. The summed E-state index contributed by atoms with van der Waals surface area (Å²) < 4.78 is 10.8. The number of methoxy groups -OCH3 is 2. The van der Waals surface area contributed by atoms with Crippen LogP contribution in [0, 0.1) is 6.92 Å². The van der Waals surface area contributed by atoms with Gasteiger partial charge in [-0.25, -0.2) is 0 Å². The first-order valence-corrected chi connectivity index (χ1v) is 6.33. The smallest absolute Gasteiger partial charge is 0.133 e. The van der Waals surface area contributed by atoms with Gasteiger partial charge in [-0.2, -0.15) is 0 Å². The Bertz CT molecular complexity index is 441. The third-order valence-corrected chi connectivity index (χ3v) is 3.24. The summed E-state index contributed by atoms with van der Waals surface area (Å²) >= 11 is 0. The molecule has 0 aliphatic carbocycles. The van der Waals surface area contributed by atoms with Crippen molar-refractivity contribution in [3.8, 4) is 11.5 Å². The molecule has 0 heterocycles. The quantitative estimate of drug-likeness (QED) is 0.605. The molecule has 0 amide bonds. The minimum Gasteiger partial charge on any atom is -0.496 e. The van der Waals surface area contributed by atoms with Crippen molar-refractivity contribution in [2.24, 2.45) is 0 Å². The number of nitrogens with one attached hydrogen (secondary N) is 1. The van der Waals surface area contributed by atoms with Crippen LogP contribution in [0.2, 0.25) is 0 Å². The summed E-state index contributed by atoms with van der Waals surface area (Å²) in [7, 11) is 3.33. The number of benzene rings is 1. The Morgan fingerprint density at radius 1 is 1.21 bits per heavy atom. The van der Waals surface area contributed by atoms with E-state index in [4.69, 9.17) is 9.47 Å². The number of carbonyl (C=O) groups is 1. The summed E-state index contributed by atoms with van der Waals surface area (Å²) in [5.41, 5.74) is 1.95. The fourth-order valence-corrected chi connectivity index (χ4v) is 2.12. The molecule has 0 spiro atoms. The van der Waals surface area contributed by atoms with E-state index in [-0.39, 0.29) is 5.41 Å². The molecule has 0 bridgehead atoms. The van der Waals surface area contributed by atoms with E-state index in [2.05, 4.69) is 19.2 Å².